The summed E-state index contributed by atoms with van der Waals surface area (Å²) in [7, 11) is 0. The van der Waals surface area contributed by atoms with Gasteiger partial charge in [0.25, 0.3) is 0 Å². The van der Waals surface area contributed by atoms with E-state index in [1.54, 1.807) is 0 Å². The third-order valence-electron chi connectivity index (χ3n) is 6.32. The molecule has 16 heavy (non-hydrogen) atoms. The van der Waals surface area contributed by atoms with E-state index in [-0.39, 0.29) is 23.7 Å². The van der Waals surface area contributed by atoms with E-state index in [2.05, 4.69) is 31.9 Å². The van der Waals surface area contributed by atoms with Crippen molar-refractivity contribution < 1.29 is 20.4 Å². The van der Waals surface area contributed by atoms with E-state index in [1.807, 2.05) is 0 Å². The van der Waals surface area contributed by atoms with E-state index >= 15 is 0 Å². The van der Waals surface area contributed by atoms with Gasteiger partial charge in [-0.2, -0.15) is 0 Å². The Labute approximate surface area is 108 Å². The number of aliphatic hydroxyl groups is 4. The zero-order chi connectivity index (χ0) is 11.5. The zero-order valence-corrected chi connectivity index (χ0v) is 11.2. The molecule has 6 saturated carbocycles. The van der Waals surface area contributed by atoms with Gasteiger partial charge in [-0.25, -0.2) is 0 Å². The first-order valence-corrected chi connectivity index (χ1v) is 7.09. The first-order chi connectivity index (χ1) is 7.23. The molecule has 0 heterocycles. The minimum atomic E-state index is -1.79. The molecule has 88 valence electrons. The van der Waals surface area contributed by atoms with Gasteiger partial charge in [0, 0.05) is 11.8 Å². The molecule has 6 aliphatic rings. The van der Waals surface area contributed by atoms with Crippen LogP contribution in [-0.2, 0) is 0 Å². The molecule has 6 aliphatic carbocycles. The topological polar surface area (TPSA) is 80.9 Å². The van der Waals surface area contributed by atoms with Crippen molar-refractivity contribution in [3.8, 4) is 0 Å². The van der Waals surface area contributed by atoms with Gasteiger partial charge in [0.2, 0.25) is 0 Å². The third kappa shape index (κ3) is 0.454. The lowest BCUT2D eigenvalue weighted by Gasteiger charge is -2.69. The third-order valence-corrected chi connectivity index (χ3v) is 9.60. The molecule has 4 nitrogen and oxygen atoms in total. The van der Waals surface area contributed by atoms with Crippen molar-refractivity contribution in [3.05, 3.63) is 0 Å². The zero-order valence-electron chi connectivity index (χ0n) is 8.01. The van der Waals surface area contributed by atoms with Crippen LogP contribution in [0, 0.1) is 35.5 Å². The largest absolute Gasteiger partial charge is 0.364 e. The Morgan fingerprint density at radius 1 is 0.562 bits per heavy atom. The average molecular weight is 354 g/mol. The molecule has 6 rings (SSSR count). The molecule has 6 heteroatoms. The summed E-state index contributed by atoms with van der Waals surface area (Å²) in [6.45, 7) is 0. The van der Waals surface area contributed by atoms with Crippen molar-refractivity contribution >= 4 is 31.9 Å². The maximum Gasteiger partial charge on any atom is 0.182 e. The van der Waals surface area contributed by atoms with Crippen LogP contribution in [0.25, 0.3) is 0 Å². The Bertz CT molecular complexity index is 424. The van der Waals surface area contributed by atoms with Crippen LogP contribution in [0.1, 0.15) is 0 Å². The number of halogens is 2. The molecule has 4 bridgehead atoms. The molecule has 0 aromatic rings. The molecule has 7 unspecified atom stereocenters. The minimum absolute atomic E-state index is 0.0307. The molecule has 0 radical (unpaired) electrons. The van der Waals surface area contributed by atoms with Crippen LogP contribution in [0.4, 0.5) is 0 Å². The van der Waals surface area contributed by atoms with Crippen molar-refractivity contribution in [2.45, 2.75) is 20.2 Å². The maximum absolute atomic E-state index is 10.3. The lowest BCUT2D eigenvalue weighted by atomic mass is 9.40. The second-order valence-corrected chi connectivity index (χ2v) is 8.77. The van der Waals surface area contributed by atoms with Gasteiger partial charge in [-0.15, -0.1) is 0 Å². The number of rotatable bonds is 0. The van der Waals surface area contributed by atoms with Crippen LogP contribution in [0.3, 0.4) is 0 Å². The predicted molar refractivity (Wildman–Crippen MR) is 58.6 cm³/mol. The van der Waals surface area contributed by atoms with E-state index in [0.717, 1.165) is 0 Å². The van der Waals surface area contributed by atoms with Gasteiger partial charge >= 0.3 is 0 Å². The van der Waals surface area contributed by atoms with Crippen LogP contribution in [0.15, 0.2) is 0 Å². The smallest absolute Gasteiger partial charge is 0.182 e. The highest BCUT2D eigenvalue weighted by molar-refractivity contribution is 9.10. The Balaban J connectivity index is 1.86. The summed E-state index contributed by atoms with van der Waals surface area (Å²) in [5, 5.41) is 41.0. The number of hydrogen-bond acceptors (Lipinski definition) is 4. The highest BCUT2D eigenvalue weighted by atomic mass is 79.9. The Morgan fingerprint density at radius 2 is 0.812 bits per heavy atom. The summed E-state index contributed by atoms with van der Waals surface area (Å²) in [6, 6.07) is 0. The SMILES string of the molecule is OC1(O)C2C3C4C5C(C2[C@]5(Br)C3(O)O)C41Br. The van der Waals surface area contributed by atoms with Crippen LogP contribution in [0.5, 0.6) is 0 Å². The average Bonchev–Trinajstić information content (AvgIpc) is 2.50. The molecule has 0 saturated heterocycles. The molecule has 0 aromatic heterocycles. The number of alkyl halides is 2. The summed E-state index contributed by atoms with van der Waals surface area (Å²) in [4.78, 5) is 0. The second kappa shape index (κ2) is 1.89. The highest BCUT2D eigenvalue weighted by Gasteiger charge is 3.06. The molecule has 0 aromatic carbocycles. The fourth-order valence-corrected chi connectivity index (χ4v) is 8.94. The Morgan fingerprint density at radius 3 is 1.06 bits per heavy atom. The van der Waals surface area contributed by atoms with Crippen LogP contribution < -0.4 is 0 Å². The minimum Gasteiger partial charge on any atom is -0.364 e. The molecular formula is C10H10Br2O4. The number of hydrogen-bond donors (Lipinski definition) is 4. The lowest BCUT2D eigenvalue weighted by Crippen LogP contribution is -2.76. The summed E-state index contributed by atoms with van der Waals surface area (Å²) in [6.07, 6.45) is 0. The quantitative estimate of drug-likeness (QED) is 0.346. The first-order valence-electron chi connectivity index (χ1n) is 5.50. The van der Waals surface area contributed by atoms with Crippen LogP contribution in [0.2, 0.25) is 0 Å². The van der Waals surface area contributed by atoms with Gasteiger partial charge in [0.1, 0.15) is 0 Å². The molecule has 6 fully saturated rings. The van der Waals surface area contributed by atoms with E-state index < -0.39 is 32.1 Å². The van der Waals surface area contributed by atoms with Crippen molar-refractivity contribution in [3.63, 3.8) is 0 Å². The molecular weight excluding hydrogens is 344 g/mol. The Hall–Kier alpha value is 0.800. The molecule has 4 N–H and O–H groups in total. The second-order valence-electron chi connectivity index (χ2n) is 6.14. The lowest BCUT2D eigenvalue weighted by molar-refractivity contribution is -0.234. The van der Waals surface area contributed by atoms with E-state index in [1.165, 1.54) is 0 Å². The van der Waals surface area contributed by atoms with Gasteiger partial charge in [-0.3, -0.25) is 0 Å². The van der Waals surface area contributed by atoms with Crippen molar-refractivity contribution in [2.75, 3.05) is 0 Å². The summed E-state index contributed by atoms with van der Waals surface area (Å²) in [5.41, 5.74) is 0. The molecule has 0 spiro atoms. The summed E-state index contributed by atoms with van der Waals surface area (Å²) >= 11 is 6.99. The van der Waals surface area contributed by atoms with E-state index in [4.69, 9.17) is 0 Å². The van der Waals surface area contributed by atoms with Crippen LogP contribution >= 0.6 is 31.9 Å². The summed E-state index contributed by atoms with van der Waals surface area (Å²) < 4.78 is -1.40. The highest BCUT2D eigenvalue weighted by Crippen LogP contribution is 2.97. The van der Waals surface area contributed by atoms with Crippen molar-refractivity contribution in [1.29, 1.82) is 0 Å². The summed E-state index contributed by atoms with van der Waals surface area (Å²) in [5.74, 6) is -4.13. The fraction of sp³-hybridized carbons (Fsp3) is 1.00. The monoisotopic (exact) mass is 352 g/mol. The van der Waals surface area contributed by atoms with Crippen LogP contribution in [-0.4, -0.2) is 40.6 Å². The molecule has 0 aliphatic heterocycles. The van der Waals surface area contributed by atoms with Gasteiger partial charge < -0.3 is 20.4 Å². The normalized spacial score (nSPS) is 77.6. The van der Waals surface area contributed by atoms with E-state index in [9.17, 15) is 20.4 Å². The standard InChI is InChI=1S/C10H10Br2O4/c11-7-1-2-4(7)6-5(9(7,13)14)3(1)8(2,12)10(6,15)16/h1-6,13-16H/t1?,2?,3?,4?,5?,6?,7-,8?/m0/s1. The first kappa shape index (κ1) is 9.69. The predicted octanol–water partition coefficient (Wildman–Crippen LogP) is -0.619. The maximum atomic E-state index is 10.3. The van der Waals surface area contributed by atoms with Gasteiger partial charge in [0.05, 0.1) is 8.65 Å². The molecule has 8 atom stereocenters. The van der Waals surface area contributed by atoms with Gasteiger partial charge in [0.15, 0.2) is 11.6 Å². The fourth-order valence-electron chi connectivity index (χ4n) is 6.13. The van der Waals surface area contributed by atoms with E-state index in [0.29, 0.717) is 0 Å². The Kier molecular flexibility index (Phi) is 1.14. The van der Waals surface area contributed by atoms with Gasteiger partial charge in [-0.1, -0.05) is 31.9 Å². The van der Waals surface area contributed by atoms with Gasteiger partial charge in [-0.05, 0) is 23.7 Å². The van der Waals surface area contributed by atoms with Crippen molar-refractivity contribution in [1.82, 2.24) is 0 Å². The van der Waals surface area contributed by atoms with Crippen molar-refractivity contribution in [2.24, 2.45) is 35.5 Å². The molecule has 0 amide bonds.